The lowest BCUT2D eigenvalue weighted by Crippen LogP contribution is -2.21. The van der Waals surface area contributed by atoms with Gasteiger partial charge in [-0.2, -0.15) is 0 Å². The molecule has 0 bridgehead atoms. The maximum atomic E-state index is 12.1. The summed E-state index contributed by atoms with van der Waals surface area (Å²) < 4.78 is 0. The van der Waals surface area contributed by atoms with E-state index >= 15 is 0 Å². The van der Waals surface area contributed by atoms with Crippen LogP contribution in [0.1, 0.15) is 57.6 Å². The fraction of sp³-hybridized carbons (Fsp3) is 0.588. The lowest BCUT2D eigenvalue weighted by atomic mass is 10.1. The van der Waals surface area contributed by atoms with E-state index in [-0.39, 0.29) is 11.8 Å². The van der Waals surface area contributed by atoms with Crippen LogP contribution >= 0.6 is 0 Å². The fourth-order valence-corrected chi connectivity index (χ4v) is 2.77. The van der Waals surface area contributed by atoms with Gasteiger partial charge in [-0.3, -0.25) is 4.79 Å². The number of hydrogen-bond acceptors (Lipinski definition) is 2. The van der Waals surface area contributed by atoms with Gasteiger partial charge in [-0.05, 0) is 50.4 Å². The molecule has 0 aromatic heterocycles. The van der Waals surface area contributed by atoms with Crippen molar-refractivity contribution < 1.29 is 4.79 Å². The molecule has 1 amide bonds. The predicted octanol–water partition coefficient (Wildman–Crippen LogP) is 3.88. The molecule has 0 aliphatic heterocycles. The van der Waals surface area contributed by atoms with Crippen LogP contribution in [-0.2, 0) is 4.79 Å². The Morgan fingerprint density at radius 3 is 2.50 bits per heavy atom. The van der Waals surface area contributed by atoms with Crippen molar-refractivity contribution in [2.24, 2.45) is 5.92 Å². The van der Waals surface area contributed by atoms with Gasteiger partial charge in [0.2, 0.25) is 5.91 Å². The zero-order valence-electron chi connectivity index (χ0n) is 12.6. The van der Waals surface area contributed by atoms with Crippen molar-refractivity contribution in [3.05, 3.63) is 29.8 Å². The smallest absolute Gasteiger partial charge is 0.227 e. The molecule has 1 aliphatic rings. The van der Waals surface area contributed by atoms with Crippen LogP contribution in [-0.4, -0.2) is 12.5 Å². The molecule has 0 radical (unpaired) electrons. The van der Waals surface area contributed by atoms with Crippen LogP contribution < -0.4 is 10.6 Å². The fourth-order valence-electron chi connectivity index (χ4n) is 2.77. The minimum absolute atomic E-state index is 0.187. The number of rotatable bonds is 6. The highest BCUT2D eigenvalue weighted by Crippen LogP contribution is 2.26. The van der Waals surface area contributed by atoms with Crippen LogP contribution in [0.3, 0.4) is 0 Å². The number of nitrogens with one attached hydrogen (secondary N) is 2. The molecule has 0 spiro atoms. The molecule has 1 aromatic carbocycles. The van der Waals surface area contributed by atoms with Crippen LogP contribution in [0, 0.1) is 5.92 Å². The Labute approximate surface area is 122 Å². The highest BCUT2D eigenvalue weighted by Gasteiger charge is 2.22. The van der Waals surface area contributed by atoms with E-state index in [0.29, 0.717) is 6.04 Å². The average molecular weight is 274 g/mol. The molecule has 0 heterocycles. The summed E-state index contributed by atoms with van der Waals surface area (Å²) in [6.07, 6.45) is 5.61. The second-order valence-electron chi connectivity index (χ2n) is 5.77. The van der Waals surface area contributed by atoms with E-state index in [1.807, 2.05) is 12.1 Å². The van der Waals surface area contributed by atoms with Crippen molar-refractivity contribution in [1.29, 1.82) is 0 Å². The molecule has 1 aliphatic carbocycles. The molecule has 3 heteroatoms. The Balaban J connectivity index is 1.89. The van der Waals surface area contributed by atoms with Crippen molar-refractivity contribution in [2.75, 3.05) is 11.9 Å². The second-order valence-corrected chi connectivity index (χ2v) is 5.77. The SMILES string of the molecule is CCCNC(C)c1ccc(NC(=O)C2CCCC2)cc1. The number of carbonyl (C=O) groups excluding carboxylic acids is 1. The van der Waals surface area contributed by atoms with Crippen LogP contribution in [0.15, 0.2) is 24.3 Å². The molecule has 3 nitrogen and oxygen atoms in total. The highest BCUT2D eigenvalue weighted by atomic mass is 16.1. The third-order valence-corrected chi connectivity index (χ3v) is 4.10. The number of hydrogen-bond donors (Lipinski definition) is 2. The summed E-state index contributed by atoms with van der Waals surface area (Å²) >= 11 is 0. The highest BCUT2D eigenvalue weighted by molar-refractivity contribution is 5.92. The van der Waals surface area contributed by atoms with Crippen LogP contribution in [0.25, 0.3) is 0 Å². The van der Waals surface area contributed by atoms with Crippen molar-refractivity contribution in [3.63, 3.8) is 0 Å². The molecule has 1 saturated carbocycles. The predicted molar refractivity (Wildman–Crippen MR) is 83.7 cm³/mol. The largest absolute Gasteiger partial charge is 0.326 e. The molecule has 20 heavy (non-hydrogen) atoms. The summed E-state index contributed by atoms with van der Waals surface area (Å²) in [7, 11) is 0. The summed E-state index contributed by atoms with van der Waals surface area (Å²) in [5, 5.41) is 6.50. The Morgan fingerprint density at radius 1 is 1.25 bits per heavy atom. The molecule has 1 atom stereocenters. The quantitative estimate of drug-likeness (QED) is 0.826. The van der Waals surface area contributed by atoms with Gasteiger partial charge in [0.15, 0.2) is 0 Å². The molecule has 0 saturated heterocycles. The van der Waals surface area contributed by atoms with E-state index in [9.17, 15) is 4.79 Å². The first-order chi connectivity index (χ1) is 9.70. The Hall–Kier alpha value is -1.35. The Morgan fingerprint density at radius 2 is 1.90 bits per heavy atom. The second kappa shape index (κ2) is 7.44. The van der Waals surface area contributed by atoms with E-state index in [1.165, 1.54) is 18.4 Å². The number of carbonyl (C=O) groups is 1. The standard InChI is InChI=1S/C17H26N2O/c1-3-12-18-13(2)14-8-10-16(11-9-14)19-17(20)15-6-4-5-7-15/h8-11,13,15,18H,3-7,12H2,1-2H3,(H,19,20). The van der Waals surface area contributed by atoms with Crippen LogP contribution in [0.5, 0.6) is 0 Å². The third kappa shape index (κ3) is 4.07. The summed E-state index contributed by atoms with van der Waals surface area (Å²) in [5.74, 6) is 0.409. The number of anilines is 1. The molecule has 2 N–H and O–H groups in total. The van der Waals surface area contributed by atoms with Crippen molar-refractivity contribution in [1.82, 2.24) is 5.32 Å². The minimum atomic E-state index is 0.187. The van der Waals surface area contributed by atoms with Gasteiger partial charge in [-0.1, -0.05) is 31.9 Å². The monoisotopic (exact) mass is 274 g/mol. The van der Waals surface area contributed by atoms with Crippen molar-refractivity contribution >= 4 is 11.6 Å². The first kappa shape index (κ1) is 15.0. The molecule has 2 rings (SSSR count). The Kier molecular flexibility index (Phi) is 5.60. The molecule has 110 valence electrons. The molecule has 1 unspecified atom stereocenters. The van der Waals surface area contributed by atoms with Gasteiger partial charge >= 0.3 is 0 Å². The van der Waals surface area contributed by atoms with E-state index in [0.717, 1.165) is 31.5 Å². The van der Waals surface area contributed by atoms with E-state index in [4.69, 9.17) is 0 Å². The van der Waals surface area contributed by atoms with Crippen LogP contribution in [0.4, 0.5) is 5.69 Å². The van der Waals surface area contributed by atoms with Gasteiger partial charge in [-0.25, -0.2) is 0 Å². The molecular formula is C17H26N2O. The van der Waals surface area contributed by atoms with Gasteiger partial charge in [0.1, 0.15) is 0 Å². The van der Waals surface area contributed by atoms with E-state index < -0.39 is 0 Å². The topological polar surface area (TPSA) is 41.1 Å². The summed E-state index contributed by atoms with van der Waals surface area (Å²) in [6.45, 7) is 5.37. The zero-order valence-corrected chi connectivity index (χ0v) is 12.6. The lowest BCUT2D eigenvalue weighted by Gasteiger charge is -2.15. The van der Waals surface area contributed by atoms with E-state index in [2.05, 4.69) is 36.6 Å². The van der Waals surface area contributed by atoms with Gasteiger partial charge in [0.05, 0.1) is 0 Å². The molecule has 1 aromatic rings. The van der Waals surface area contributed by atoms with Gasteiger partial charge in [0, 0.05) is 17.6 Å². The number of benzene rings is 1. The van der Waals surface area contributed by atoms with Crippen LogP contribution in [0.2, 0.25) is 0 Å². The average Bonchev–Trinajstić information content (AvgIpc) is 3.00. The normalized spacial score (nSPS) is 17.1. The summed E-state index contributed by atoms with van der Waals surface area (Å²) in [4.78, 5) is 12.1. The van der Waals surface area contributed by atoms with Crippen molar-refractivity contribution in [2.45, 2.75) is 52.0 Å². The zero-order chi connectivity index (χ0) is 14.4. The third-order valence-electron chi connectivity index (χ3n) is 4.10. The summed E-state index contributed by atoms with van der Waals surface area (Å²) in [6, 6.07) is 8.56. The molecular weight excluding hydrogens is 248 g/mol. The van der Waals surface area contributed by atoms with Gasteiger partial charge < -0.3 is 10.6 Å². The first-order valence-corrected chi connectivity index (χ1v) is 7.85. The first-order valence-electron chi connectivity index (χ1n) is 7.85. The van der Waals surface area contributed by atoms with Gasteiger partial charge in [-0.15, -0.1) is 0 Å². The lowest BCUT2D eigenvalue weighted by molar-refractivity contribution is -0.119. The van der Waals surface area contributed by atoms with E-state index in [1.54, 1.807) is 0 Å². The van der Waals surface area contributed by atoms with Crippen molar-refractivity contribution in [3.8, 4) is 0 Å². The molecule has 1 fully saturated rings. The minimum Gasteiger partial charge on any atom is -0.326 e. The van der Waals surface area contributed by atoms with Gasteiger partial charge in [0.25, 0.3) is 0 Å². The summed E-state index contributed by atoms with van der Waals surface area (Å²) in [5.41, 5.74) is 2.17. The maximum Gasteiger partial charge on any atom is 0.227 e. The number of amides is 1. The Bertz CT molecular complexity index is 421. The maximum absolute atomic E-state index is 12.1.